The number of amides is 2. The molecule has 2 aromatic heterocycles. The van der Waals surface area contributed by atoms with Crippen molar-refractivity contribution in [2.24, 2.45) is 5.73 Å². The van der Waals surface area contributed by atoms with Crippen LogP contribution in [-0.2, 0) is 4.74 Å². The van der Waals surface area contributed by atoms with Crippen molar-refractivity contribution in [2.45, 2.75) is 13.3 Å². The third kappa shape index (κ3) is 4.12. The van der Waals surface area contributed by atoms with Crippen LogP contribution in [0.25, 0.3) is 16.9 Å². The maximum Gasteiger partial charge on any atom is 0.271 e. The molecule has 3 aromatic rings. The van der Waals surface area contributed by atoms with Gasteiger partial charge in [0.05, 0.1) is 5.69 Å². The van der Waals surface area contributed by atoms with Gasteiger partial charge in [0.2, 0.25) is 0 Å². The van der Waals surface area contributed by atoms with E-state index in [4.69, 9.17) is 10.5 Å². The van der Waals surface area contributed by atoms with Gasteiger partial charge in [-0.3, -0.25) is 14.0 Å². The van der Waals surface area contributed by atoms with Gasteiger partial charge in [-0.05, 0) is 25.0 Å². The number of carbonyl (C=O) groups is 2. The molecule has 0 aliphatic rings. The van der Waals surface area contributed by atoms with Crippen LogP contribution in [0.5, 0.6) is 0 Å². The van der Waals surface area contributed by atoms with Crippen molar-refractivity contribution in [1.29, 1.82) is 0 Å². The molecule has 8 nitrogen and oxygen atoms in total. The van der Waals surface area contributed by atoms with E-state index >= 15 is 0 Å². The van der Waals surface area contributed by atoms with E-state index in [0.717, 1.165) is 5.56 Å². The number of hydrogen-bond acceptors (Lipinski definition) is 5. The van der Waals surface area contributed by atoms with Crippen molar-refractivity contribution in [3.8, 4) is 11.3 Å². The molecule has 3 rings (SSSR count). The Hall–Kier alpha value is -3.26. The van der Waals surface area contributed by atoms with Gasteiger partial charge in [0.1, 0.15) is 12.0 Å². The largest absolute Gasteiger partial charge is 0.382 e. The zero-order valence-corrected chi connectivity index (χ0v) is 15.0. The van der Waals surface area contributed by atoms with Crippen molar-refractivity contribution in [3.05, 3.63) is 54.1 Å². The minimum atomic E-state index is -0.696. The van der Waals surface area contributed by atoms with Gasteiger partial charge in [-0.25, -0.2) is 9.97 Å². The highest BCUT2D eigenvalue weighted by Gasteiger charge is 2.18. The van der Waals surface area contributed by atoms with E-state index in [0.29, 0.717) is 31.9 Å². The maximum absolute atomic E-state index is 12.5. The summed E-state index contributed by atoms with van der Waals surface area (Å²) in [6.45, 7) is 3.61. The summed E-state index contributed by atoms with van der Waals surface area (Å²) in [6, 6.07) is 11.2. The Labute approximate surface area is 156 Å². The van der Waals surface area contributed by atoms with Crippen molar-refractivity contribution in [1.82, 2.24) is 19.7 Å². The lowest BCUT2D eigenvalue weighted by atomic mass is 10.1. The standard InChI is InChI=1S/C19H21N5O3/c1-2-27-10-6-9-21-19(26)14-11-15(13-7-4-3-5-8-13)24-12-22-16(17(20)25)18(24)23-14/h3-5,7-8,11-12H,2,6,9-10H2,1H3,(H2,20,25)(H,21,26). The number of aromatic nitrogens is 3. The van der Waals surface area contributed by atoms with Crippen molar-refractivity contribution in [3.63, 3.8) is 0 Å². The number of ether oxygens (including phenoxy) is 1. The fraction of sp³-hybridized carbons (Fsp3) is 0.263. The first-order chi connectivity index (χ1) is 13.1. The summed E-state index contributed by atoms with van der Waals surface area (Å²) >= 11 is 0. The minimum Gasteiger partial charge on any atom is -0.382 e. The molecule has 0 saturated heterocycles. The van der Waals surface area contributed by atoms with Gasteiger partial charge < -0.3 is 15.8 Å². The number of imidazole rings is 1. The molecule has 0 bridgehead atoms. The summed E-state index contributed by atoms with van der Waals surface area (Å²) in [5.41, 5.74) is 7.43. The predicted octanol–water partition coefficient (Wildman–Crippen LogP) is 1.65. The molecule has 8 heteroatoms. The van der Waals surface area contributed by atoms with Crippen LogP contribution in [0, 0.1) is 0 Å². The van der Waals surface area contributed by atoms with Gasteiger partial charge in [-0.15, -0.1) is 0 Å². The van der Waals surface area contributed by atoms with Crippen molar-refractivity contribution >= 4 is 17.5 Å². The highest BCUT2D eigenvalue weighted by molar-refractivity contribution is 5.99. The predicted molar refractivity (Wildman–Crippen MR) is 100 cm³/mol. The van der Waals surface area contributed by atoms with Crippen LogP contribution in [0.1, 0.15) is 34.3 Å². The van der Waals surface area contributed by atoms with Gasteiger partial charge in [-0.2, -0.15) is 0 Å². The molecule has 0 atom stereocenters. The second-order valence-electron chi connectivity index (χ2n) is 5.85. The zero-order chi connectivity index (χ0) is 19.2. The molecule has 0 aliphatic heterocycles. The molecule has 0 saturated carbocycles. The van der Waals surface area contributed by atoms with E-state index in [2.05, 4.69) is 15.3 Å². The number of primary amides is 1. The number of carbonyl (C=O) groups excluding carboxylic acids is 2. The molecular weight excluding hydrogens is 346 g/mol. The average Bonchev–Trinajstić information content (AvgIpc) is 3.12. The first-order valence-electron chi connectivity index (χ1n) is 8.71. The third-order valence-electron chi connectivity index (χ3n) is 3.99. The van der Waals surface area contributed by atoms with Crippen molar-refractivity contribution in [2.75, 3.05) is 19.8 Å². The van der Waals surface area contributed by atoms with Crippen LogP contribution in [0.4, 0.5) is 0 Å². The Morgan fingerprint density at radius 3 is 2.74 bits per heavy atom. The van der Waals surface area contributed by atoms with E-state index in [1.807, 2.05) is 37.3 Å². The summed E-state index contributed by atoms with van der Waals surface area (Å²) < 4.78 is 6.91. The topological polar surface area (TPSA) is 112 Å². The number of benzene rings is 1. The molecule has 140 valence electrons. The van der Waals surface area contributed by atoms with Crippen LogP contribution in [-0.4, -0.2) is 45.9 Å². The van der Waals surface area contributed by atoms with Crippen LogP contribution < -0.4 is 11.1 Å². The smallest absolute Gasteiger partial charge is 0.271 e. The Morgan fingerprint density at radius 1 is 1.26 bits per heavy atom. The highest BCUT2D eigenvalue weighted by atomic mass is 16.5. The maximum atomic E-state index is 12.5. The number of fused-ring (bicyclic) bond motifs is 1. The number of rotatable bonds is 8. The normalized spacial score (nSPS) is 10.9. The van der Waals surface area contributed by atoms with Gasteiger partial charge in [0.15, 0.2) is 11.3 Å². The van der Waals surface area contributed by atoms with Crippen molar-refractivity contribution < 1.29 is 14.3 Å². The van der Waals surface area contributed by atoms with Crippen LogP contribution in [0.15, 0.2) is 42.7 Å². The Bertz CT molecular complexity index is 953. The van der Waals surface area contributed by atoms with Crippen LogP contribution >= 0.6 is 0 Å². The third-order valence-corrected chi connectivity index (χ3v) is 3.99. The van der Waals surface area contributed by atoms with E-state index in [1.54, 1.807) is 10.5 Å². The summed E-state index contributed by atoms with van der Waals surface area (Å²) in [7, 11) is 0. The first-order valence-corrected chi connectivity index (χ1v) is 8.71. The summed E-state index contributed by atoms with van der Waals surface area (Å²) in [6.07, 6.45) is 2.18. The summed E-state index contributed by atoms with van der Waals surface area (Å²) in [5, 5.41) is 2.81. The Morgan fingerprint density at radius 2 is 2.04 bits per heavy atom. The van der Waals surface area contributed by atoms with E-state index in [-0.39, 0.29) is 22.9 Å². The minimum absolute atomic E-state index is 0.0261. The summed E-state index contributed by atoms with van der Waals surface area (Å²) in [5.74, 6) is -1.03. The molecule has 0 fully saturated rings. The highest BCUT2D eigenvalue weighted by Crippen LogP contribution is 2.22. The van der Waals surface area contributed by atoms with E-state index in [9.17, 15) is 9.59 Å². The number of nitrogens with one attached hydrogen (secondary N) is 1. The molecule has 27 heavy (non-hydrogen) atoms. The number of nitrogens with zero attached hydrogens (tertiary/aromatic N) is 3. The fourth-order valence-electron chi connectivity index (χ4n) is 2.70. The average molecular weight is 367 g/mol. The van der Waals surface area contributed by atoms with E-state index in [1.165, 1.54) is 6.33 Å². The molecule has 0 unspecified atom stereocenters. The lowest BCUT2D eigenvalue weighted by molar-refractivity contribution is 0.0937. The molecule has 1 aromatic carbocycles. The van der Waals surface area contributed by atoms with E-state index < -0.39 is 5.91 Å². The molecular formula is C19H21N5O3. The zero-order valence-electron chi connectivity index (χ0n) is 15.0. The number of hydrogen-bond donors (Lipinski definition) is 2. The monoisotopic (exact) mass is 367 g/mol. The Kier molecular flexibility index (Phi) is 5.77. The van der Waals surface area contributed by atoms with Crippen LogP contribution in [0.3, 0.4) is 0 Å². The fourth-order valence-corrected chi connectivity index (χ4v) is 2.70. The molecule has 2 heterocycles. The van der Waals surface area contributed by atoms with Gasteiger partial charge >= 0.3 is 0 Å². The second kappa shape index (κ2) is 8.41. The Balaban J connectivity index is 1.97. The quantitative estimate of drug-likeness (QED) is 0.588. The summed E-state index contributed by atoms with van der Waals surface area (Å²) in [4.78, 5) is 32.6. The molecule has 0 spiro atoms. The first kappa shape index (κ1) is 18.5. The van der Waals surface area contributed by atoms with Gasteiger partial charge in [-0.1, -0.05) is 30.3 Å². The number of nitrogens with two attached hydrogens (primary N) is 1. The van der Waals surface area contributed by atoms with Crippen LogP contribution in [0.2, 0.25) is 0 Å². The van der Waals surface area contributed by atoms with Gasteiger partial charge in [0.25, 0.3) is 11.8 Å². The molecule has 3 N–H and O–H groups in total. The lowest BCUT2D eigenvalue weighted by Crippen LogP contribution is -2.26. The second-order valence-corrected chi connectivity index (χ2v) is 5.85. The molecule has 0 radical (unpaired) electrons. The SMILES string of the molecule is CCOCCCNC(=O)c1cc(-c2ccccc2)n2cnc(C(N)=O)c2n1. The van der Waals surface area contributed by atoms with Gasteiger partial charge in [0, 0.05) is 19.8 Å². The lowest BCUT2D eigenvalue weighted by Gasteiger charge is -2.10. The molecule has 0 aliphatic carbocycles. The molecule has 2 amide bonds.